The third kappa shape index (κ3) is 1.74. The minimum Gasteiger partial charge on any atom is -0.395 e. The SMILES string of the molecule is OCCN1CC2(CCNCC2)c2ccccc21. The summed E-state index contributed by atoms with van der Waals surface area (Å²) < 4.78 is 0. The zero-order chi connectivity index (χ0) is 11.7. The second-order valence-corrected chi connectivity index (χ2v) is 5.19. The van der Waals surface area contributed by atoms with Crippen molar-refractivity contribution < 1.29 is 5.11 Å². The zero-order valence-corrected chi connectivity index (χ0v) is 10.2. The Labute approximate surface area is 102 Å². The maximum absolute atomic E-state index is 9.19. The molecule has 1 fully saturated rings. The number of piperidine rings is 1. The Morgan fingerprint density at radius 3 is 2.76 bits per heavy atom. The van der Waals surface area contributed by atoms with Crippen molar-refractivity contribution in [1.82, 2.24) is 5.32 Å². The molecule has 1 saturated heterocycles. The Morgan fingerprint density at radius 1 is 1.24 bits per heavy atom. The number of aliphatic hydroxyl groups is 1. The van der Waals surface area contributed by atoms with Gasteiger partial charge in [-0.1, -0.05) is 18.2 Å². The Hall–Kier alpha value is -1.06. The Bertz CT molecular complexity index is 399. The molecule has 3 nitrogen and oxygen atoms in total. The summed E-state index contributed by atoms with van der Waals surface area (Å²) in [4.78, 5) is 2.35. The number of hydrogen-bond acceptors (Lipinski definition) is 3. The predicted octanol–water partition coefficient (Wildman–Crippen LogP) is 1.12. The summed E-state index contributed by atoms with van der Waals surface area (Å²) in [6.07, 6.45) is 2.43. The van der Waals surface area contributed by atoms with E-state index < -0.39 is 0 Å². The topological polar surface area (TPSA) is 35.5 Å². The van der Waals surface area contributed by atoms with Gasteiger partial charge in [0.25, 0.3) is 0 Å². The molecule has 0 atom stereocenters. The van der Waals surface area contributed by atoms with Crippen molar-refractivity contribution in [3.8, 4) is 0 Å². The van der Waals surface area contributed by atoms with Crippen molar-refractivity contribution >= 4 is 5.69 Å². The number of aliphatic hydroxyl groups excluding tert-OH is 1. The van der Waals surface area contributed by atoms with Crippen molar-refractivity contribution in [2.45, 2.75) is 18.3 Å². The highest BCUT2D eigenvalue weighted by atomic mass is 16.3. The van der Waals surface area contributed by atoms with Crippen LogP contribution in [-0.4, -0.2) is 37.9 Å². The van der Waals surface area contributed by atoms with Crippen LogP contribution in [0.3, 0.4) is 0 Å². The lowest BCUT2D eigenvalue weighted by Gasteiger charge is -2.35. The van der Waals surface area contributed by atoms with Gasteiger partial charge in [0.15, 0.2) is 0 Å². The molecule has 2 N–H and O–H groups in total. The summed E-state index contributed by atoms with van der Waals surface area (Å²) in [7, 11) is 0. The Kier molecular flexibility index (Phi) is 2.81. The fourth-order valence-electron chi connectivity index (χ4n) is 3.39. The lowest BCUT2D eigenvalue weighted by atomic mass is 9.75. The van der Waals surface area contributed by atoms with E-state index in [9.17, 15) is 5.11 Å². The van der Waals surface area contributed by atoms with E-state index in [0.717, 1.165) is 26.2 Å². The van der Waals surface area contributed by atoms with Gasteiger partial charge in [-0.3, -0.25) is 0 Å². The molecule has 92 valence electrons. The van der Waals surface area contributed by atoms with Crippen LogP contribution in [0.2, 0.25) is 0 Å². The van der Waals surface area contributed by atoms with Gasteiger partial charge in [0.05, 0.1) is 6.61 Å². The summed E-state index contributed by atoms with van der Waals surface area (Å²) in [5, 5.41) is 12.6. The summed E-state index contributed by atoms with van der Waals surface area (Å²) in [6, 6.07) is 8.72. The number of nitrogens with zero attached hydrogens (tertiary/aromatic N) is 1. The van der Waals surface area contributed by atoms with Crippen LogP contribution < -0.4 is 10.2 Å². The zero-order valence-electron chi connectivity index (χ0n) is 10.2. The molecule has 1 aromatic carbocycles. The number of fused-ring (bicyclic) bond motifs is 2. The van der Waals surface area contributed by atoms with Crippen molar-refractivity contribution in [1.29, 1.82) is 0 Å². The minimum absolute atomic E-state index is 0.239. The molecule has 2 heterocycles. The largest absolute Gasteiger partial charge is 0.395 e. The maximum Gasteiger partial charge on any atom is 0.0606 e. The Morgan fingerprint density at radius 2 is 2.00 bits per heavy atom. The molecule has 0 unspecified atom stereocenters. The number of β-amino-alcohol motifs (C(OH)–C–C–N with tert-alkyl or cyclic N) is 1. The lowest BCUT2D eigenvalue weighted by molar-refractivity contribution is 0.290. The fourth-order valence-corrected chi connectivity index (χ4v) is 3.39. The van der Waals surface area contributed by atoms with Gasteiger partial charge in [0.2, 0.25) is 0 Å². The van der Waals surface area contributed by atoms with Crippen LogP contribution in [0.1, 0.15) is 18.4 Å². The first kappa shape index (κ1) is 11.1. The van der Waals surface area contributed by atoms with Gasteiger partial charge in [-0.25, -0.2) is 0 Å². The summed E-state index contributed by atoms with van der Waals surface area (Å²) in [5.41, 5.74) is 3.16. The van der Waals surface area contributed by atoms with E-state index in [1.165, 1.54) is 24.1 Å². The van der Waals surface area contributed by atoms with Crippen LogP contribution >= 0.6 is 0 Å². The molecule has 0 bridgehead atoms. The molecule has 1 spiro atoms. The van der Waals surface area contributed by atoms with Crippen molar-refractivity contribution in [3.63, 3.8) is 0 Å². The molecule has 2 aliphatic heterocycles. The van der Waals surface area contributed by atoms with E-state index in [1.807, 2.05) is 0 Å². The highest BCUT2D eigenvalue weighted by Crippen LogP contribution is 2.45. The van der Waals surface area contributed by atoms with E-state index >= 15 is 0 Å². The second-order valence-electron chi connectivity index (χ2n) is 5.19. The van der Waals surface area contributed by atoms with E-state index in [1.54, 1.807) is 0 Å². The normalized spacial score (nSPS) is 21.8. The van der Waals surface area contributed by atoms with Gasteiger partial charge in [-0.2, -0.15) is 0 Å². The highest BCUT2D eigenvalue weighted by Gasteiger charge is 2.42. The number of nitrogens with one attached hydrogen (secondary N) is 1. The van der Waals surface area contributed by atoms with Crippen molar-refractivity contribution in [2.75, 3.05) is 37.7 Å². The molecular weight excluding hydrogens is 212 g/mol. The average molecular weight is 232 g/mol. The fraction of sp³-hybridized carbons (Fsp3) is 0.571. The van der Waals surface area contributed by atoms with Gasteiger partial charge in [-0.05, 0) is 37.6 Å². The van der Waals surface area contributed by atoms with Crippen LogP contribution in [0, 0.1) is 0 Å². The first-order valence-electron chi connectivity index (χ1n) is 6.52. The first-order valence-corrected chi connectivity index (χ1v) is 6.52. The quantitative estimate of drug-likeness (QED) is 0.802. The first-order chi connectivity index (χ1) is 8.36. The van der Waals surface area contributed by atoms with E-state index in [2.05, 4.69) is 34.5 Å². The minimum atomic E-state index is 0.239. The van der Waals surface area contributed by atoms with E-state index in [-0.39, 0.29) is 6.61 Å². The molecule has 0 aromatic heterocycles. The van der Waals surface area contributed by atoms with Gasteiger partial charge in [0.1, 0.15) is 0 Å². The van der Waals surface area contributed by atoms with Gasteiger partial charge in [-0.15, -0.1) is 0 Å². The third-order valence-corrected chi connectivity index (χ3v) is 4.24. The van der Waals surface area contributed by atoms with Crippen LogP contribution in [0.25, 0.3) is 0 Å². The molecule has 0 radical (unpaired) electrons. The highest BCUT2D eigenvalue weighted by molar-refractivity contribution is 5.62. The van der Waals surface area contributed by atoms with E-state index in [4.69, 9.17) is 0 Å². The molecule has 0 aliphatic carbocycles. The molecule has 0 amide bonds. The third-order valence-electron chi connectivity index (χ3n) is 4.24. The van der Waals surface area contributed by atoms with Crippen LogP contribution in [0.4, 0.5) is 5.69 Å². The summed E-state index contributed by atoms with van der Waals surface area (Å²) in [6.45, 7) is 4.30. The Balaban J connectivity index is 1.98. The molecule has 3 heteroatoms. The smallest absolute Gasteiger partial charge is 0.0606 e. The van der Waals surface area contributed by atoms with Crippen molar-refractivity contribution in [3.05, 3.63) is 29.8 Å². The van der Waals surface area contributed by atoms with Gasteiger partial charge < -0.3 is 15.3 Å². The number of benzene rings is 1. The van der Waals surface area contributed by atoms with Crippen LogP contribution in [0.15, 0.2) is 24.3 Å². The maximum atomic E-state index is 9.19. The molecular formula is C14H20N2O. The molecule has 1 aromatic rings. The number of para-hydroxylation sites is 1. The number of rotatable bonds is 2. The van der Waals surface area contributed by atoms with Gasteiger partial charge in [0, 0.05) is 24.2 Å². The molecule has 3 rings (SSSR count). The number of hydrogen-bond donors (Lipinski definition) is 2. The van der Waals surface area contributed by atoms with Crippen molar-refractivity contribution in [2.24, 2.45) is 0 Å². The van der Waals surface area contributed by atoms with E-state index in [0.29, 0.717) is 5.41 Å². The lowest BCUT2D eigenvalue weighted by Crippen LogP contribution is -2.43. The van der Waals surface area contributed by atoms with Gasteiger partial charge >= 0.3 is 0 Å². The predicted molar refractivity (Wildman–Crippen MR) is 69.5 cm³/mol. The van der Waals surface area contributed by atoms with Crippen LogP contribution in [0.5, 0.6) is 0 Å². The monoisotopic (exact) mass is 232 g/mol. The molecule has 0 saturated carbocycles. The second kappa shape index (κ2) is 4.31. The molecule has 17 heavy (non-hydrogen) atoms. The molecule has 2 aliphatic rings. The standard InChI is InChI=1S/C14H20N2O/c17-10-9-16-11-14(5-7-15-8-6-14)12-3-1-2-4-13(12)16/h1-4,15,17H,5-11H2. The summed E-state index contributed by atoms with van der Waals surface area (Å²) >= 11 is 0. The average Bonchev–Trinajstić information content (AvgIpc) is 2.66. The van der Waals surface area contributed by atoms with Crippen LogP contribution in [-0.2, 0) is 5.41 Å². The summed E-state index contributed by atoms with van der Waals surface area (Å²) in [5.74, 6) is 0. The number of anilines is 1.